The Morgan fingerprint density at radius 1 is 1.35 bits per heavy atom. The molecule has 5 heteroatoms. The summed E-state index contributed by atoms with van der Waals surface area (Å²) in [5, 5.41) is 13.4. The van der Waals surface area contributed by atoms with Crippen LogP contribution in [0.25, 0.3) is 0 Å². The van der Waals surface area contributed by atoms with E-state index >= 15 is 0 Å². The Hall–Kier alpha value is -1.36. The summed E-state index contributed by atoms with van der Waals surface area (Å²) in [6, 6.07) is 0. The highest BCUT2D eigenvalue weighted by atomic mass is 16.1. The van der Waals surface area contributed by atoms with Gasteiger partial charge >= 0.3 is 0 Å². The molecule has 2 heterocycles. The molecule has 1 aliphatic heterocycles. The predicted molar refractivity (Wildman–Crippen MR) is 79.6 cm³/mol. The van der Waals surface area contributed by atoms with Crippen molar-refractivity contribution in [2.24, 2.45) is 5.41 Å². The summed E-state index contributed by atoms with van der Waals surface area (Å²) in [6.07, 6.45) is 4.27. The minimum absolute atomic E-state index is 0.0537. The second kappa shape index (κ2) is 6.39. The highest BCUT2D eigenvalue weighted by Gasteiger charge is 2.21. The maximum atomic E-state index is 12.1. The first-order valence-corrected chi connectivity index (χ1v) is 7.52. The summed E-state index contributed by atoms with van der Waals surface area (Å²) in [5.41, 5.74) is 3.06. The van der Waals surface area contributed by atoms with Crippen molar-refractivity contribution < 1.29 is 4.79 Å². The van der Waals surface area contributed by atoms with Gasteiger partial charge in [-0.2, -0.15) is 5.10 Å². The zero-order valence-corrected chi connectivity index (χ0v) is 12.8. The topological polar surface area (TPSA) is 69.8 Å². The standard InChI is InChI=1S/C15H26N4O/c1-15(2,3)7-4-5-8-17-14(20)13-11-10-16-9-6-12(11)18-19-13/h16H,4-10H2,1-3H3,(H,17,20)(H,18,19). The van der Waals surface area contributed by atoms with Gasteiger partial charge in [-0.25, -0.2) is 0 Å². The van der Waals surface area contributed by atoms with Crippen LogP contribution >= 0.6 is 0 Å². The van der Waals surface area contributed by atoms with E-state index < -0.39 is 0 Å². The number of nitrogens with one attached hydrogen (secondary N) is 3. The summed E-state index contributed by atoms with van der Waals surface area (Å²) < 4.78 is 0. The lowest BCUT2D eigenvalue weighted by molar-refractivity contribution is 0.0946. The van der Waals surface area contributed by atoms with Crippen LogP contribution in [0.15, 0.2) is 0 Å². The molecule has 0 radical (unpaired) electrons. The zero-order valence-electron chi connectivity index (χ0n) is 12.8. The van der Waals surface area contributed by atoms with Crippen LogP contribution in [0.2, 0.25) is 0 Å². The second-order valence-electron chi connectivity index (χ2n) is 6.73. The SMILES string of the molecule is CC(C)(C)CCCCNC(=O)c1n[nH]c2c1CNCC2. The number of amides is 1. The molecule has 0 atom stereocenters. The van der Waals surface area contributed by atoms with Crippen molar-refractivity contribution >= 4 is 5.91 Å². The Balaban J connectivity index is 1.77. The second-order valence-corrected chi connectivity index (χ2v) is 6.73. The van der Waals surface area contributed by atoms with Gasteiger partial charge in [0.1, 0.15) is 0 Å². The van der Waals surface area contributed by atoms with Crippen LogP contribution in [0.4, 0.5) is 0 Å². The van der Waals surface area contributed by atoms with E-state index in [1.807, 2.05) is 0 Å². The number of hydrogen-bond acceptors (Lipinski definition) is 3. The molecule has 0 bridgehead atoms. The Labute approximate surface area is 120 Å². The van der Waals surface area contributed by atoms with E-state index in [0.29, 0.717) is 11.1 Å². The number of nitrogens with zero attached hydrogens (tertiary/aromatic N) is 1. The molecule has 2 rings (SSSR count). The molecule has 1 aromatic rings. The highest BCUT2D eigenvalue weighted by Crippen LogP contribution is 2.21. The molecule has 0 aliphatic carbocycles. The summed E-state index contributed by atoms with van der Waals surface area (Å²) in [6.45, 7) is 9.14. The molecule has 1 aliphatic rings. The van der Waals surface area contributed by atoms with Crippen LogP contribution in [0.1, 0.15) is 61.8 Å². The fraction of sp³-hybridized carbons (Fsp3) is 0.733. The van der Waals surface area contributed by atoms with Crippen LogP contribution in [0.3, 0.4) is 0 Å². The minimum atomic E-state index is -0.0537. The number of hydrogen-bond donors (Lipinski definition) is 3. The first-order chi connectivity index (χ1) is 9.47. The Kier molecular flexibility index (Phi) is 4.81. The molecule has 1 amide bonds. The van der Waals surface area contributed by atoms with Crippen molar-refractivity contribution in [3.63, 3.8) is 0 Å². The van der Waals surface area contributed by atoms with Crippen LogP contribution in [0, 0.1) is 5.41 Å². The smallest absolute Gasteiger partial charge is 0.272 e. The number of aromatic nitrogens is 2. The van der Waals surface area contributed by atoms with Crippen molar-refractivity contribution in [1.82, 2.24) is 20.8 Å². The monoisotopic (exact) mass is 278 g/mol. The lowest BCUT2D eigenvalue weighted by Gasteiger charge is -2.17. The first-order valence-electron chi connectivity index (χ1n) is 7.52. The van der Waals surface area contributed by atoms with Crippen molar-refractivity contribution in [2.75, 3.05) is 13.1 Å². The van der Waals surface area contributed by atoms with Gasteiger partial charge in [0.25, 0.3) is 5.91 Å². The fourth-order valence-electron chi connectivity index (χ4n) is 2.48. The molecule has 0 fully saturated rings. The average molecular weight is 278 g/mol. The maximum absolute atomic E-state index is 12.1. The molecule has 3 N–H and O–H groups in total. The molecule has 1 aromatic heterocycles. The van der Waals surface area contributed by atoms with Gasteiger partial charge in [0.05, 0.1) is 0 Å². The zero-order chi connectivity index (χ0) is 14.6. The third kappa shape index (κ3) is 4.07. The first kappa shape index (κ1) is 15.0. The number of H-pyrrole nitrogens is 1. The summed E-state index contributed by atoms with van der Waals surface area (Å²) >= 11 is 0. The number of aromatic amines is 1. The van der Waals surface area contributed by atoms with E-state index in [1.54, 1.807) is 0 Å². The van der Waals surface area contributed by atoms with E-state index in [1.165, 1.54) is 6.42 Å². The largest absolute Gasteiger partial charge is 0.351 e. The van der Waals surface area contributed by atoms with Gasteiger partial charge in [-0.3, -0.25) is 9.89 Å². The van der Waals surface area contributed by atoms with E-state index in [-0.39, 0.29) is 5.91 Å². The van der Waals surface area contributed by atoms with Gasteiger partial charge in [-0.1, -0.05) is 27.2 Å². The van der Waals surface area contributed by atoms with Crippen LogP contribution < -0.4 is 10.6 Å². The van der Waals surface area contributed by atoms with E-state index in [0.717, 1.165) is 50.2 Å². The Morgan fingerprint density at radius 2 is 2.15 bits per heavy atom. The molecule has 0 saturated carbocycles. The molecule has 112 valence electrons. The Morgan fingerprint density at radius 3 is 2.90 bits per heavy atom. The fourth-order valence-corrected chi connectivity index (χ4v) is 2.48. The minimum Gasteiger partial charge on any atom is -0.351 e. The summed E-state index contributed by atoms with van der Waals surface area (Å²) in [4.78, 5) is 12.1. The van der Waals surface area contributed by atoms with Crippen molar-refractivity contribution in [2.45, 2.75) is 53.0 Å². The summed E-state index contributed by atoms with van der Waals surface area (Å²) in [7, 11) is 0. The van der Waals surface area contributed by atoms with Crippen LogP contribution in [0.5, 0.6) is 0 Å². The number of unbranched alkanes of at least 4 members (excludes halogenated alkanes) is 1. The predicted octanol–water partition coefficient (Wildman–Crippen LogP) is 2.00. The highest BCUT2D eigenvalue weighted by molar-refractivity contribution is 5.94. The molecule has 0 spiro atoms. The van der Waals surface area contributed by atoms with Crippen LogP contribution in [-0.4, -0.2) is 29.2 Å². The lowest BCUT2D eigenvalue weighted by atomic mass is 9.90. The average Bonchev–Trinajstić information content (AvgIpc) is 2.80. The summed E-state index contributed by atoms with van der Waals surface area (Å²) in [5.74, 6) is -0.0537. The van der Waals surface area contributed by atoms with Gasteiger partial charge in [-0.05, 0) is 18.3 Å². The molecular weight excluding hydrogens is 252 g/mol. The number of fused-ring (bicyclic) bond motifs is 1. The van der Waals surface area contributed by atoms with Gasteiger partial charge in [0.2, 0.25) is 0 Å². The van der Waals surface area contributed by atoms with Gasteiger partial charge in [0, 0.05) is 37.3 Å². The third-order valence-electron chi connectivity index (χ3n) is 3.66. The van der Waals surface area contributed by atoms with Crippen molar-refractivity contribution in [3.05, 3.63) is 17.0 Å². The van der Waals surface area contributed by atoms with E-state index in [4.69, 9.17) is 0 Å². The number of carbonyl (C=O) groups excluding carboxylic acids is 1. The van der Waals surface area contributed by atoms with Crippen LogP contribution in [-0.2, 0) is 13.0 Å². The molecule has 0 saturated heterocycles. The maximum Gasteiger partial charge on any atom is 0.272 e. The van der Waals surface area contributed by atoms with E-state index in [2.05, 4.69) is 41.6 Å². The Bertz CT molecular complexity index is 459. The molecular formula is C15H26N4O. The number of rotatable bonds is 5. The van der Waals surface area contributed by atoms with Crippen molar-refractivity contribution in [3.8, 4) is 0 Å². The number of carbonyl (C=O) groups is 1. The van der Waals surface area contributed by atoms with Crippen molar-refractivity contribution in [1.29, 1.82) is 0 Å². The lowest BCUT2D eigenvalue weighted by Crippen LogP contribution is -2.29. The molecule has 0 unspecified atom stereocenters. The van der Waals surface area contributed by atoms with Gasteiger partial charge in [0.15, 0.2) is 5.69 Å². The van der Waals surface area contributed by atoms with Gasteiger partial charge < -0.3 is 10.6 Å². The quantitative estimate of drug-likeness (QED) is 0.722. The molecule has 20 heavy (non-hydrogen) atoms. The molecule has 5 nitrogen and oxygen atoms in total. The normalized spacial score (nSPS) is 14.9. The van der Waals surface area contributed by atoms with E-state index in [9.17, 15) is 4.79 Å². The molecule has 0 aromatic carbocycles. The van der Waals surface area contributed by atoms with Gasteiger partial charge in [-0.15, -0.1) is 0 Å². The third-order valence-corrected chi connectivity index (χ3v) is 3.66.